The highest BCUT2D eigenvalue weighted by atomic mass is 127. The summed E-state index contributed by atoms with van der Waals surface area (Å²) in [6, 6.07) is 20.6. The second kappa shape index (κ2) is 11.0. The van der Waals surface area contributed by atoms with Gasteiger partial charge in [-0.05, 0) is 36.8 Å². The van der Waals surface area contributed by atoms with Crippen molar-refractivity contribution < 1.29 is 4.74 Å². The molecule has 3 aromatic rings. The molecular formula is C23H29IN6O. The molecule has 7 nitrogen and oxygen atoms in total. The molecule has 1 saturated heterocycles. The number of aliphatic imine (C=N–C) groups is 1. The van der Waals surface area contributed by atoms with Crippen molar-refractivity contribution in [2.75, 3.05) is 32.1 Å². The number of hydrogen-bond acceptors (Lipinski definition) is 4. The van der Waals surface area contributed by atoms with E-state index < -0.39 is 0 Å². The smallest absolute Gasteiger partial charge is 0.191 e. The summed E-state index contributed by atoms with van der Waals surface area (Å²) in [6.07, 6.45) is 3.02. The maximum atomic E-state index is 5.51. The van der Waals surface area contributed by atoms with Gasteiger partial charge in [0.15, 0.2) is 5.96 Å². The Kier molecular flexibility index (Phi) is 8.16. The summed E-state index contributed by atoms with van der Waals surface area (Å²) in [7, 11) is 3.51. The summed E-state index contributed by atoms with van der Waals surface area (Å²) in [5.74, 6) is 1.70. The third-order valence-electron chi connectivity index (χ3n) is 5.28. The van der Waals surface area contributed by atoms with Crippen molar-refractivity contribution in [1.82, 2.24) is 20.4 Å². The third kappa shape index (κ3) is 5.69. The lowest BCUT2D eigenvalue weighted by molar-refractivity contribution is 0.415. The fourth-order valence-corrected chi connectivity index (χ4v) is 3.73. The van der Waals surface area contributed by atoms with Gasteiger partial charge in [-0.15, -0.1) is 24.0 Å². The monoisotopic (exact) mass is 532 g/mol. The molecule has 164 valence electrons. The highest BCUT2D eigenvalue weighted by Gasteiger charge is 2.25. The number of methoxy groups -OCH3 is 1. The van der Waals surface area contributed by atoms with Crippen LogP contribution in [0, 0.1) is 0 Å². The molecule has 0 saturated carbocycles. The van der Waals surface area contributed by atoms with Gasteiger partial charge in [0.1, 0.15) is 5.75 Å². The first-order valence-corrected chi connectivity index (χ1v) is 10.2. The molecule has 4 rings (SSSR count). The molecule has 0 radical (unpaired) electrons. The standard InChI is InChI=1S/C23H28N6O.HI/c1-24-23(25-16-18-13-15-29(27-18)20-8-4-3-5-9-20)26-19-12-14-28(17-19)21-10-6-7-11-22(21)30-2;/h3-11,13,15,19H,12,14,16-17H2,1-2H3,(H2,24,25,26);1H. The normalized spacial score (nSPS) is 16.0. The van der Waals surface area contributed by atoms with Gasteiger partial charge in [0.2, 0.25) is 0 Å². The van der Waals surface area contributed by atoms with Crippen molar-refractivity contribution in [2.45, 2.75) is 19.0 Å². The van der Waals surface area contributed by atoms with Gasteiger partial charge in [0.25, 0.3) is 0 Å². The predicted octanol–water partition coefficient (Wildman–Crippen LogP) is 3.44. The fraction of sp³-hybridized carbons (Fsp3) is 0.304. The summed E-state index contributed by atoms with van der Waals surface area (Å²) in [4.78, 5) is 6.73. The van der Waals surface area contributed by atoms with E-state index in [1.807, 2.05) is 65.5 Å². The zero-order chi connectivity index (χ0) is 20.8. The van der Waals surface area contributed by atoms with E-state index in [1.54, 1.807) is 14.2 Å². The van der Waals surface area contributed by atoms with E-state index in [1.165, 1.54) is 0 Å². The van der Waals surface area contributed by atoms with Crippen LogP contribution in [0.2, 0.25) is 0 Å². The van der Waals surface area contributed by atoms with E-state index in [2.05, 4.69) is 31.7 Å². The maximum absolute atomic E-state index is 5.51. The molecule has 31 heavy (non-hydrogen) atoms. The van der Waals surface area contributed by atoms with Crippen LogP contribution in [-0.4, -0.2) is 49.0 Å². The number of benzene rings is 2. The Balaban J connectivity index is 0.00000272. The van der Waals surface area contributed by atoms with Crippen LogP contribution in [0.15, 0.2) is 71.9 Å². The molecule has 0 aliphatic carbocycles. The Labute approximate surface area is 200 Å². The number of guanidine groups is 1. The Morgan fingerprint density at radius 3 is 2.68 bits per heavy atom. The van der Waals surface area contributed by atoms with Crippen LogP contribution in [-0.2, 0) is 6.54 Å². The van der Waals surface area contributed by atoms with E-state index in [9.17, 15) is 0 Å². The van der Waals surface area contributed by atoms with Crippen molar-refractivity contribution in [2.24, 2.45) is 4.99 Å². The van der Waals surface area contributed by atoms with E-state index >= 15 is 0 Å². The summed E-state index contributed by atoms with van der Waals surface area (Å²) < 4.78 is 7.39. The largest absolute Gasteiger partial charge is 0.495 e. The Morgan fingerprint density at radius 1 is 1.13 bits per heavy atom. The molecule has 2 heterocycles. The van der Waals surface area contributed by atoms with Crippen LogP contribution in [0.4, 0.5) is 5.69 Å². The Morgan fingerprint density at radius 2 is 1.90 bits per heavy atom. The quantitative estimate of drug-likeness (QED) is 0.289. The number of aromatic nitrogens is 2. The summed E-state index contributed by atoms with van der Waals surface area (Å²) >= 11 is 0. The number of anilines is 1. The minimum Gasteiger partial charge on any atom is -0.495 e. The molecule has 1 aliphatic rings. The van der Waals surface area contributed by atoms with Crippen molar-refractivity contribution in [3.8, 4) is 11.4 Å². The van der Waals surface area contributed by atoms with Gasteiger partial charge in [0.05, 0.1) is 30.7 Å². The zero-order valence-electron chi connectivity index (χ0n) is 17.9. The number of hydrogen-bond donors (Lipinski definition) is 2. The molecular weight excluding hydrogens is 503 g/mol. The number of nitrogens with zero attached hydrogens (tertiary/aromatic N) is 4. The Hall–Kier alpha value is -2.75. The van der Waals surface area contributed by atoms with E-state index in [-0.39, 0.29) is 24.0 Å². The molecule has 0 bridgehead atoms. The maximum Gasteiger partial charge on any atom is 0.191 e. The molecule has 8 heteroatoms. The average Bonchev–Trinajstić information content (AvgIpc) is 3.47. The molecule has 0 spiro atoms. The van der Waals surface area contributed by atoms with Gasteiger partial charge < -0.3 is 20.3 Å². The van der Waals surface area contributed by atoms with Crippen molar-refractivity contribution in [1.29, 1.82) is 0 Å². The van der Waals surface area contributed by atoms with Crippen LogP contribution in [0.5, 0.6) is 5.75 Å². The van der Waals surface area contributed by atoms with Crippen molar-refractivity contribution >= 4 is 35.6 Å². The molecule has 1 atom stereocenters. The fourth-order valence-electron chi connectivity index (χ4n) is 3.73. The number of halogens is 1. The first kappa shape index (κ1) is 22.9. The SMILES string of the molecule is CN=C(NCc1ccn(-c2ccccc2)n1)NC1CCN(c2ccccc2OC)C1.I. The van der Waals surface area contributed by atoms with Crippen LogP contribution in [0.1, 0.15) is 12.1 Å². The molecule has 2 aromatic carbocycles. The van der Waals surface area contributed by atoms with Gasteiger partial charge in [-0.25, -0.2) is 4.68 Å². The number of ether oxygens (including phenoxy) is 1. The first-order chi connectivity index (χ1) is 14.8. The van der Waals surface area contributed by atoms with Crippen LogP contribution < -0.4 is 20.3 Å². The highest BCUT2D eigenvalue weighted by molar-refractivity contribution is 14.0. The van der Waals surface area contributed by atoms with Gasteiger partial charge >= 0.3 is 0 Å². The first-order valence-electron chi connectivity index (χ1n) is 10.2. The lowest BCUT2D eigenvalue weighted by Gasteiger charge is -2.22. The second-order valence-corrected chi connectivity index (χ2v) is 7.26. The molecule has 1 aliphatic heterocycles. The van der Waals surface area contributed by atoms with Gasteiger partial charge in [0, 0.05) is 32.4 Å². The summed E-state index contributed by atoms with van der Waals surface area (Å²) in [5, 5.41) is 11.5. The number of nitrogens with one attached hydrogen (secondary N) is 2. The molecule has 1 unspecified atom stereocenters. The average molecular weight is 532 g/mol. The lowest BCUT2D eigenvalue weighted by atomic mass is 10.2. The number of para-hydroxylation sites is 3. The highest BCUT2D eigenvalue weighted by Crippen LogP contribution is 2.30. The van der Waals surface area contributed by atoms with Crippen LogP contribution >= 0.6 is 24.0 Å². The van der Waals surface area contributed by atoms with E-state index in [0.717, 1.165) is 48.3 Å². The van der Waals surface area contributed by atoms with Gasteiger partial charge in [-0.3, -0.25) is 4.99 Å². The minimum absolute atomic E-state index is 0. The number of rotatable bonds is 6. The molecule has 0 amide bonds. The summed E-state index contributed by atoms with van der Waals surface area (Å²) in [5.41, 5.74) is 3.15. The third-order valence-corrected chi connectivity index (χ3v) is 5.28. The van der Waals surface area contributed by atoms with Crippen molar-refractivity contribution in [3.05, 3.63) is 72.6 Å². The minimum atomic E-state index is 0. The molecule has 2 N–H and O–H groups in total. The zero-order valence-corrected chi connectivity index (χ0v) is 20.2. The molecule has 1 fully saturated rings. The van der Waals surface area contributed by atoms with Gasteiger partial charge in [-0.2, -0.15) is 5.10 Å². The van der Waals surface area contributed by atoms with Gasteiger partial charge in [-0.1, -0.05) is 30.3 Å². The predicted molar refractivity (Wildman–Crippen MR) is 136 cm³/mol. The molecule has 1 aromatic heterocycles. The van der Waals surface area contributed by atoms with Crippen LogP contribution in [0.25, 0.3) is 5.69 Å². The Bertz CT molecular complexity index is 990. The van der Waals surface area contributed by atoms with Crippen LogP contribution in [0.3, 0.4) is 0 Å². The summed E-state index contributed by atoms with van der Waals surface area (Å²) in [6.45, 7) is 2.50. The lowest BCUT2D eigenvalue weighted by Crippen LogP contribution is -2.44. The topological polar surface area (TPSA) is 66.7 Å². The van der Waals surface area contributed by atoms with E-state index in [4.69, 9.17) is 4.74 Å². The van der Waals surface area contributed by atoms with Crippen molar-refractivity contribution in [3.63, 3.8) is 0 Å². The second-order valence-electron chi connectivity index (χ2n) is 7.26. The van der Waals surface area contributed by atoms with E-state index in [0.29, 0.717) is 12.6 Å².